The van der Waals surface area contributed by atoms with E-state index < -0.39 is 17.6 Å². The lowest BCUT2D eigenvalue weighted by molar-refractivity contribution is -0.137. The second-order valence-electron chi connectivity index (χ2n) is 3.60. The van der Waals surface area contributed by atoms with Crippen molar-refractivity contribution in [3.63, 3.8) is 0 Å². The maximum atomic E-state index is 12.4. The maximum Gasteiger partial charge on any atom is 0.416 e. The number of rotatable bonds is 2. The highest BCUT2D eigenvalue weighted by Crippen LogP contribution is 2.33. The Balaban J connectivity index is 2.31. The van der Waals surface area contributed by atoms with Crippen LogP contribution in [0.5, 0.6) is 0 Å². The minimum absolute atomic E-state index is 0.380. The topological polar surface area (TPSA) is 43.1 Å². The Morgan fingerprint density at radius 3 is 2.11 bits per heavy atom. The third-order valence-corrected chi connectivity index (χ3v) is 3.49. The minimum Gasteiger partial charge on any atom is -0.365 e. The van der Waals surface area contributed by atoms with Crippen LogP contribution < -0.4 is 5.73 Å². The molecule has 0 fully saturated rings. The van der Waals surface area contributed by atoms with Crippen molar-refractivity contribution >= 4 is 17.2 Å². The molecule has 0 atom stereocenters. The molecule has 1 heterocycles. The van der Waals surface area contributed by atoms with Crippen LogP contribution in [0.3, 0.4) is 0 Å². The van der Waals surface area contributed by atoms with Crippen LogP contribution in [-0.2, 0) is 6.18 Å². The van der Waals surface area contributed by atoms with Crippen molar-refractivity contribution in [3.05, 3.63) is 46.8 Å². The van der Waals surface area contributed by atoms with Gasteiger partial charge in [-0.15, -0.1) is 11.3 Å². The molecule has 2 N–H and O–H groups in total. The van der Waals surface area contributed by atoms with Gasteiger partial charge in [0.2, 0.25) is 0 Å². The van der Waals surface area contributed by atoms with Crippen molar-refractivity contribution in [1.29, 1.82) is 0 Å². The van der Waals surface area contributed by atoms with Crippen LogP contribution in [0.4, 0.5) is 13.2 Å². The molecule has 1 aromatic carbocycles. The molecule has 1 amide bonds. The first kappa shape index (κ1) is 12.6. The van der Waals surface area contributed by atoms with Gasteiger partial charge in [-0.1, -0.05) is 12.1 Å². The number of hydrogen-bond acceptors (Lipinski definition) is 2. The average molecular weight is 271 g/mol. The summed E-state index contributed by atoms with van der Waals surface area (Å²) in [6.45, 7) is 0. The van der Waals surface area contributed by atoms with Gasteiger partial charge in [0.15, 0.2) is 0 Å². The Morgan fingerprint density at radius 2 is 1.67 bits per heavy atom. The fourth-order valence-corrected chi connectivity index (χ4v) is 2.31. The molecule has 18 heavy (non-hydrogen) atoms. The molecule has 0 aliphatic heterocycles. The standard InChI is InChI=1S/C12H8F3NOS/c13-12(14,15)8-3-1-7(2-4-8)9-5-6-10(18-9)11(16)17/h1-6H,(H2,16,17). The van der Waals surface area contributed by atoms with Crippen molar-refractivity contribution in [3.8, 4) is 10.4 Å². The predicted molar refractivity (Wildman–Crippen MR) is 63.3 cm³/mol. The molecule has 2 aromatic rings. The Hall–Kier alpha value is -1.82. The molecular formula is C12H8F3NOS. The molecule has 0 spiro atoms. The first-order chi connectivity index (χ1) is 8.38. The Morgan fingerprint density at radius 1 is 1.06 bits per heavy atom. The number of benzene rings is 1. The van der Waals surface area contributed by atoms with Gasteiger partial charge in [0.25, 0.3) is 5.91 Å². The Labute approximate surface area is 105 Å². The van der Waals surface area contributed by atoms with Crippen LogP contribution in [-0.4, -0.2) is 5.91 Å². The molecule has 0 unspecified atom stereocenters. The lowest BCUT2D eigenvalue weighted by atomic mass is 10.1. The molecule has 0 aliphatic carbocycles. The first-order valence-electron chi connectivity index (χ1n) is 4.95. The van der Waals surface area contributed by atoms with Gasteiger partial charge in [-0.25, -0.2) is 0 Å². The van der Waals surface area contributed by atoms with Gasteiger partial charge in [-0.2, -0.15) is 13.2 Å². The van der Waals surface area contributed by atoms with Crippen LogP contribution in [0.25, 0.3) is 10.4 Å². The molecule has 2 nitrogen and oxygen atoms in total. The van der Waals surface area contributed by atoms with Gasteiger partial charge >= 0.3 is 6.18 Å². The van der Waals surface area contributed by atoms with Crippen molar-refractivity contribution in [1.82, 2.24) is 0 Å². The van der Waals surface area contributed by atoms with E-state index in [9.17, 15) is 18.0 Å². The lowest BCUT2D eigenvalue weighted by Gasteiger charge is -2.06. The van der Waals surface area contributed by atoms with E-state index in [1.165, 1.54) is 12.1 Å². The van der Waals surface area contributed by atoms with Crippen LogP contribution >= 0.6 is 11.3 Å². The second kappa shape index (κ2) is 4.45. The molecule has 6 heteroatoms. The third-order valence-electron chi connectivity index (χ3n) is 2.35. The zero-order chi connectivity index (χ0) is 13.3. The number of halogens is 3. The summed E-state index contributed by atoms with van der Waals surface area (Å²) in [5.74, 6) is -0.543. The first-order valence-corrected chi connectivity index (χ1v) is 5.77. The summed E-state index contributed by atoms with van der Waals surface area (Å²) in [4.78, 5) is 12.0. The minimum atomic E-state index is -4.34. The smallest absolute Gasteiger partial charge is 0.365 e. The maximum absolute atomic E-state index is 12.4. The number of carbonyl (C=O) groups is 1. The quantitative estimate of drug-likeness (QED) is 0.892. The lowest BCUT2D eigenvalue weighted by Crippen LogP contribution is -2.07. The van der Waals surface area contributed by atoms with Crippen molar-refractivity contribution < 1.29 is 18.0 Å². The number of thiophene rings is 1. The normalized spacial score (nSPS) is 11.5. The summed E-state index contributed by atoms with van der Waals surface area (Å²) in [6.07, 6.45) is -4.34. The molecule has 0 aliphatic rings. The second-order valence-corrected chi connectivity index (χ2v) is 4.69. The molecule has 1 aromatic heterocycles. The summed E-state index contributed by atoms with van der Waals surface area (Å²) in [7, 11) is 0. The van der Waals surface area contributed by atoms with E-state index in [-0.39, 0.29) is 0 Å². The SMILES string of the molecule is NC(=O)c1ccc(-c2ccc(C(F)(F)F)cc2)s1. The highest BCUT2D eigenvalue weighted by Gasteiger charge is 2.29. The number of hydrogen-bond donors (Lipinski definition) is 1. The van der Waals surface area contributed by atoms with Gasteiger partial charge in [-0.3, -0.25) is 4.79 Å². The van der Waals surface area contributed by atoms with Gasteiger partial charge in [0.1, 0.15) is 0 Å². The van der Waals surface area contributed by atoms with Crippen LogP contribution in [0, 0.1) is 0 Å². The van der Waals surface area contributed by atoms with Gasteiger partial charge < -0.3 is 5.73 Å². The fourth-order valence-electron chi connectivity index (χ4n) is 1.45. The average Bonchev–Trinajstić information content (AvgIpc) is 2.77. The van der Waals surface area contributed by atoms with E-state index in [4.69, 9.17) is 5.73 Å². The molecule has 0 saturated heterocycles. The van der Waals surface area contributed by atoms with Crippen LogP contribution in [0.15, 0.2) is 36.4 Å². The Bertz CT molecular complexity index is 572. The van der Waals surface area contributed by atoms with E-state index >= 15 is 0 Å². The summed E-state index contributed by atoms with van der Waals surface area (Å²) in [6, 6.07) is 7.99. The number of nitrogens with two attached hydrogens (primary N) is 1. The van der Waals surface area contributed by atoms with E-state index in [0.29, 0.717) is 15.3 Å². The summed E-state index contributed by atoms with van der Waals surface area (Å²) in [5, 5.41) is 0. The van der Waals surface area contributed by atoms with Gasteiger partial charge in [0, 0.05) is 4.88 Å². The van der Waals surface area contributed by atoms with Crippen LogP contribution in [0.2, 0.25) is 0 Å². The third kappa shape index (κ3) is 2.53. The molecule has 0 radical (unpaired) electrons. The van der Waals surface area contributed by atoms with E-state index in [1.54, 1.807) is 12.1 Å². The van der Waals surface area contributed by atoms with Gasteiger partial charge in [-0.05, 0) is 29.8 Å². The molecule has 94 valence electrons. The summed E-state index contributed by atoms with van der Waals surface area (Å²) in [5.41, 5.74) is 5.04. The fraction of sp³-hybridized carbons (Fsp3) is 0.0833. The zero-order valence-electron chi connectivity index (χ0n) is 8.99. The van der Waals surface area contributed by atoms with E-state index in [2.05, 4.69) is 0 Å². The summed E-state index contributed by atoms with van der Waals surface area (Å²) < 4.78 is 37.1. The highest BCUT2D eigenvalue weighted by molar-refractivity contribution is 7.17. The largest absolute Gasteiger partial charge is 0.416 e. The van der Waals surface area contributed by atoms with Gasteiger partial charge in [0.05, 0.1) is 10.4 Å². The Kier molecular flexibility index (Phi) is 3.13. The zero-order valence-corrected chi connectivity index (χ0v) is 9.81. The number of primary amides is 1. The molecule has 0 bridgehead atoms. The van der Waals surface area contributed by atoms with Crippen molar-refractivity contribution in [2.75, 3.05) is 0 Å². The monoisotopic (exact) mass is 271 g/mol. The predicted octanol–water partition coefficient (Wildman–Crippen LogP) is 3.53. The highest BCUT2D eigenvalue weighted by atomic mass is 32.1. The van der Waals surface area contributed by atoms with Crippen LogP contribution in [0.1, 0.15) is 15.2 Å². The summed E-state index contributed by atoms with van der Waals surface area (Å²) >= 11 is 1.15. The molecular weight excluding hydrogens is 263 g/mol. The number of carbonyl (C=O) groups excluding carboxylic acids is 1. The van der Waals surface area contributed by atoms with E-state index in [1.807, 2.05) is 0 Å². The van der Waals surface area contributed by atoms with Crippen molar-refractivity contribution in [2.45, 2.75) is 6.18 Å². The molecule has 0 saturated carbocycles. The van der Waals surface area contributed by atoms with Crippen molar-refractivity contribution in [2.24, 2.45) is 5.73 Å². The molecule has 2 rings (SSSR count). The number of alkyl halides is 3. The number of amides is 1. The van der Waals surface area contributed by atoms with E-state index in [0.717, 1.165) is 23.5 Å².